The highest BCUT2D eigenvalue weighted by Crippen LogP contribution is 2.31. The maximum atomic E-state index is 11.6. The van der Waals surface area contributed by atoms with Crippen molar-refractivity contribution >= 4 is 32.6 Å². The number of ether oxygens (including phenoxy) is 1. The second kappa shape index (κ2) is 7.60. The van der Waals surface area contributed by atoms with E-state index in [4.69, 9.17) is 4.74 Å². The Bertz CT molecular complexity index is 905. The molecule has 0 bridgehead atoms. The van der Waals surface area contributed by atoms with Gasteiger partial charge in [0.15, 0.2) is 5.13 Å². The number of allylic oxidation sites excluding steroid dienone is 1. The summed E-state index contributed by atoms with van der Waals surface area (Å²) >= 11 is 1.63. The van der Waals surface area contributed by atoms with Crippen molar-refractivity contribution in [2.45, 2.75) is 25.8 Å². The highest BCUT2D eigenvalue weighted by atomic mass is 32.1. The zero-order valence-corrected chi connectivity index (χ0v) is 16.5. The van der Waals surface area contributed by atoms with Crippen LogP contribution in [-0.2, 0) is 4.79 Å². The summed E-state index contributed by atoms with van der Waals surface area (Å²) < 4.78 is 7.06. The minimum absolute atomic E-state index is 0.143. The van der Waals surface area contributed by atoms with Crippen molar-refractivity contribution < 1.29 is 9.53 Å². The van der Waals surface area contributed by atoms with Gasteiger partial charge in [0.1, 0.15) is 11.5 Å². The van der Waals surface area contributed by atoms with Crippen LogP contribution in [-0.4, -0.2) is 53.4 Å². The van der Waals surface area contributed by atoms with E-state index in [1.807, 2.05) is 42.4 Å². The topological polar surface area (TPSA) is 57.7 Å². The maximum Gasteiger partial charge on any atom is 0.219 e. The first-order valence-electron chi connectivity index (χ1n) is 9.26. The molecular weight excluding hydrogens is 360 g/mol. The van der Waals surface area contributed by atoms with E-state index in [1.54, 1.807) is 18.3 Å². The van der Waals surface area contributed by atoms with Crippen molar-refractivity contribution in [2.75, 3.05) is 32.0 Å². The van der Waals surface area contributed by atoms with Crippen molar-refractivity contribution in [3.8, 4) is 5.75 Å². The van der Waals surface area contributed by atoms with Gasteiger partial charge in [-0.2, -0.15) is 0 Å². The van der Waals surface area contributed by atoms with E-state index in [1.165, 1.54) is 0 Å². The monoisotopic (exact) mass is 384 g/mol. The van der Waals surface area contributed by atoms with Crippen LogP contribution in [0.1, 0.15) is 19.8 Å². The number of hydrogen-bond acceptors (Lipinski definition) is 6. The summed E-state index contributed by atoms with van der Waals surface area (Å²) in [6, 6.07) is 6.24. The quantitative estimate of drug-likeness (QED) is 0.875. The number of nitrogens with one attached hydrogen (secondary N) is 1. The van der Waals surface area contributed by atoms with Gasteiger partial charge in [0.05, 0.1) is 10.2 Å². The van der Waals surface area contributed by atoms with Crippen molar-refractivity contribution in [1.29, 1.82) is 0 Å². The molecule has 1 saturated heterocycles. The molecule has 1 aromatic carbocycles. The number of carbonyl (C=O) groups is 1. The molecule has 1 atom stereocenters. The molecule has 2 aliphatic heterocycles. The largest absolute Gasteiger partial charge is 0.458 e. The van der Waals surface area contributed by atoms with Gasteiger partial charge in [0.2, 0.25) is 5.91 Å². The molecule has 7 heteroatoms. The number of thiazole rings is 1. The fourth-order valence-electron chi connectivity index (χ4n) is 3.36. The van der Waals surface area contributed by atoms with Crippen molar-refractivity contribution in [3.05, 3.63) is 42.3 Å². The molecule has 0 saturated carbocycles. The third-order valence-electron chi connectivity index (χ3n) is 4.86. The lowest BCUT2D eigenvalue weighted by atomic mass is 10.1. The van der Waals surface area contributed by atoms with E-state index in [2.05, 4.69) is 21.3 Å². The lowest BCUT2D eigenvalue weighted by Gasteiger charge is -2.32. The first-order valence-corrected chi connectivity index (χ1v) is 10.1. The van der Waals surface area contributed by atoms with Gasteiger partial charge in [-0.25, -0.2) is 4.98 Å². The Morgan fingerprint density at radius 2 is 2.30 bits per heavy atom. The number of nitrogens with zero attached hydrogens (tertiary/aromatic N) is 3. The Hall–Kier alpha value is -2.54. The third kappa shape index (κ3) is 4.24. The molecule has 3 heterocycles. The zero-order valence-electron chi connectivity index (χ0n) is 15.6. The van der Waals surface area contributed by atoms with E-state index in [9.17, 15) is 4.79 Å². The number of hydrogen-bond donors (Lipinski definition) is 1. The molecule has 2 aliphatic rings. The molecule has 1 amide bonds. The van der Waals surface area contributed by atoms with Crippen LogP contribution in [0.25, 0.3) is 10.2 Å². The van der Waals surface area contributed by atoms with Crippen LogP contribution < -0.4 is 10.1 Å². The summed E-state index contributed by atoms with van der Waals surface area (Å²) in [5.41, 5.74) is 0.960. The minimum atomic E-state index is 0.143. The van der Waals surface area contributed by atoms with Crippen molar-refractivity contribution in [2.24, 2.45) is 0 Å². The number of fused-ring (bicyclic) bond motifs is 1. The molecule has 6 nitrogen and oxygen atoms in total. The molecule has 0 aliphatic carbocycles. The molecule has 0 unspecified atom stereocenters. The summed E-state index contributed by atoms with van der Waals surface area (Å²) in [6.07, 6.45) is 8.13. The van der Waals surface area contributed by atoms with Crippen molar-refractivity contribution in [1.82, 2.24) is 14.8 Å². The molecule has 27 heavy (non-hydrogen) atoms. The van der Waals surface area contributed by atoms with E-state index in [0.29, 0.717) is 0 Å². The molecule has 0 spiro atoms. The standard InChI is InChI=1S/C20H24N4O2S/c1-14(25)24-9-3-4-15(13-24)21-20-22-18-6-5-17(12-19(18)27-20)26-16-7-10-23(2)11-8-16/h5-8,10,12,15H,3-4,9,11,13H2,1-2H3,(H,21,22)/t15-/m0/s1. The van der Waals surface area contributed by atoms with E-state index in [0.717, 1.165) is 59.3 Å². The third-order valence-corrected chi connectivity index (χ3v) is 5.81. The summed E-state index contributed by atoms with van der Waals surface area (Å²) in [6.45, 7) is 4.08. The van der Waals surface area contributed by atoms with Gasteiger partial charge in [-0.05, 0) is 37.1 Å². The number of piperidine rings is 1. The van der Waals surface area contributed by atoms with E-state index < -0.39 is 0 Å². The van der Waals surface area contributed by atoms with Crippen LogP contribution in [0.4, 0.5) is 5.13 Å². The normalized spacial score (nSPS) is 19.9. The van der Waals surface area contributed by atoms with Crippen LogP contribution >= 0.6 is 11.3 Å². The SMILES string of the molecule is CC(=O)N1CCC[C@H](Nc2nc3ccc(OC4=CCN(C)C=C4)cc3s2)C1. The van der Waals surface area contributed by atoms with Gasteiger partial charge in [-0.15, -0.1) is 0 Å². The average molecular weight is 385 g/mol. The number of rotatable bonds is 4. The van der Waals surface area contributed by atoms with Gasteiger partial charge in [0.25, 0.3) is 0 Å². The molecule has 1 fully saturated rings. The Morgan fingerprint density at radius 1 is 1.41 bits per heavy atom. The van der Waals surface area contributed by atoms with Crippen LogP contribution in [0.15, 0.2) is 42.3 Å². The number of benzene rings is 1. The molecular formula is C20H24N4O2S. The molecule has 142 valence electrons. The first-order chi connectivity index (χ1) is 13.1. The van der Waals surface area contributed by atoms with E-state index in [-0.39, 0.29) is 11.9 Å². The van der Waals surface area contributed by atoms with Crippen molar-refractivity contribution in [3.63, 3.8) is 0 Å². The number of anilines is 1. The predicted octanol–water partition coefficient (Wildman–Crippen LogP) is 3.44. The van der Waals surface area contributed by atoms with Gasteiger partial charge in [0, 0.05) is 51.9 Å². The Kier molecular flexibility index (Phi) is 5.03. The smallest absolute Gasteiger partial charge is 0.219 e. The molecule has 1 aromatic heterocycles. The van der Waals surface area contributed by atoms with Gasteiger partial charge in [-0.1, -0.05) is 11.3 Å². The maximum absolute atomic E-state index is 11.6. The Balaban J connectivity index is 1.45. The molecule has 1 N–H and O–H groups in total. The Labute approximate surface area is 163 Å². The fraction of sp³-hybridized carbons (Fsp3) is 0.400. The lowest BCUT2D eigenvalue weighted by molar-refractivity contribution is -0.129. The van der Waals surface area contributed by atoms with Crippen LogP contribution in [0, 0.1) is 0 Å². The fourth-order valence-corrected chi connectivity index (χ4v) is 4.33. The van der Waals surface area contributed by atoms with E-state index >= 15 is 0 Å². The van der Waals surface area contributed by atoms with Crippen LogP contribution in [0.3, 0.4) is 0 Å². The summed E-state index contributed by atoms with van der Waals surface area (Å²) in [5, 5.41) is 4.40. The van der Waals surface area contributed by atoms with Gasteiger partial charge in [-0.3, -0.25) is 4.79 Å². The summed E-state index contributed by atoms with van der Waals surface area (Å²) in [5.74, 6) is 1.82. The summed E-state index contributed by atoms with van der Waals surface area (Å²) in [7, 11) is 2.03. The zero-order chi connectivity index (χ0) is 18.8. The highest BCUT2D eigenvalue weighted by molar-refractivity contribution is 7.22. The molecule has 0 radical (unpaired) electrons. The molecule has 2 aromatic rings. The second-order valence-electron chi connectivity index (χ2n) is 7.06. The number of carbonyl (C=O) groups excluding carboxylic acids is 1. The predicted molar refractivity (Wildman–Crippen MR) is 109 cm³/mol. The number of aromatic nitrogens is 1. The second-order valence-corrected chi connectivity index (χ2v) is 8.09. The van der Waals surface area contributed by atoms with Crippen LogP contribution in [0.5, 0.6) is 5.75 Å². The Morgan fingerprint density at radius 3 is 3.07 bits per heavy atom. The number of likely N-dealkylation sites (N-methyl/N-ethyl adjacent to an activating group) is 1. The highest BCUT2D eigenvalue weighted by Gasteiger charge is 2.22. The molecule has 4 rings (SSSR count). The average Bonchev–Trinajstić information content (AvgIpc) is 3.05. The number of likely N-dealkylation sites (tertiary alicyclic amines) is 1. The summed E-state index contributed by atoms with van der Waals surface area (Å²) in [4.78, 5) is 20.3. The van der Waals surface area contributed by atoms with Gasteiger partial charge < -0.3 is 19.9 Å². The lowest BCUT2D eigenvalue weighted by Crippen LogP contribution is -2.44. The first kappa shape index (κ1) is 17.9. The van der Waals surface area contributed by atoms with Crippen LogP contribution in [0.2, 0.25) is 0 Å². The number of amides is 1. The van der Waals surface area contributed by atoms with Gasteiger partial charge >= 0.3 is 0 Å². The minimum Gasteiger partial charge on any atom is -0.458 e.